The van der Waals surface area contributed by atoms with Gasteiger partial charge >= 0.3 is 0 Å². The molecule has 0 aromatic heterocycles. The SMILES string of the molecule is CCc1ccc(CCC(=O)NCCN2C(=O)S/C(=C/c3ccc4c(c3)OCO4)C2=O)cc1. The van der Waals surface area contributed by atoms with Gasteiger partial charge in [-0.1, -0.05) is 37.3 Å². The maximum absolute atomic E-state index is 12.6. The lowest BCUT2D eigenvalue weighted by Crippen LogP contribution is -2.37. The van der Waals surface area contributed by atoms with E-state index in [4.69, 9.17) is 9.47 Å². The first kappa shape index (κ1) is 22.0. The smallest absolute Gasteiger partial charge is 0.293 e. The molecule has 4 rings (SSSR count). The van der Waals surface area contributed by atoms with Gasteiger partial charge in [0, 0.05) is 19.5 Å². The van der Waals surface area contributed by atoms with Crippen LogP contribution in [0.4, 0.5) is 4.79 Å². The second kappa shape index (κ2) is 9.91. The molecule has 0 aliphatic carbocycles. The van der Waals surface area contributed by atoms with Gasteiger partial charge in [-0.2, -0.15) is 0 Å². The van der Waals surface area contributed by atoms with Crippen molar-refractivity contribution in [3.8, 4) is 11.5 Å². The lowest BCUT2D eigenvalue weighted by Gasteiger charge is -2.13. The maximum Gasteiger partial charge on any atom is 0.293 e. The summed E-state index contributed by atoms with van der Waals surface area (Å²) in [5.41, 5.74) is 3.12. The molecule has 8 heteroatoms. The average Bonchev–Trinajstić information content (AvgIpc) is 3.37. The van der Waals surface area contributed by atoms with Gasteiger partial charge in [-0.3, -0.25) is 19.3 Å². The fourth-order valence-electron chi connectivity index (χ4n) is 3.44. The van der Waals surface area contributed by atoms with E-state index in [-0.39, 0.29) is 36.9 Å². The zero-order valence-electron chi connectivity index (χ0n) is 17.8. The normalized spacial score (nSPS) is 16.2. The number of carbonyl (C=O) groups is 3. The second-order valence-corrected chi connectivity index (χ2v) is 8.46. The molecular weight excluding hydrogens is 428 g/mol. The molecule has 2 heterocycles. The number of thioether (sulfide) groups is 1. The Balaban J connectivity index is 1.25. The van der Waals surface area contributed by atoms with E-state index in [0.717, 1.165) is 34.2 Å². The lowest BCUT2D eigenvalue weighted by molar-refractivity contribution is -0.124. The third-order valence-corrected chi connectivity index (χ3v) is 6.20. The van der Waals surface area contributed by atoms with E-state index in [1.54, 1.807) is 24.3 Å². The predicted molar refractivity (Wildman–Crippen MR) is 122 cm³/mol. The van der Waals surface area contributed by atoms with Crippen molar-refractivity contribution in [2.45, 2.75) is 26.2 Å². The zero-order chi connectivity index (χ0) is 22.5. The van der Waals surface area contributed by atoms with E-state index < -0.39 is 0 Å². The minimum Gasteiger partial charge on any atom is -0.454 e. The molecule has 0 unspecified atom stereocenters. The number of ether oxygens (including phenoxy) is 2. The molecule has 2 aliphatic heterocycles. The number of imide groups is 1. The highest BCUT2D eigenvalue weighted by Gasteiger charge is 2.34. The van der Waals surface area contributed by atoms with Gasteiger partial charge < -0.3 is 14.8 Å². The third kappa shape index (κ3) is 5.13. The molecule has 0 atom stereocenters. The van der Waals surface area contributed by atoms with Crippen LogP contribution >= 0.6 is 11.8 Å². The van der Waals surface area contributed by atoms with E-state index in [0.29, 0.717) is 29.2 Å². The largest absolute Gasteiger partial charge is 0.454 e. The molecule has 0 bridgehead atoms. The van der Waals surface area contributed by atoms with Crippen molar-refractivity contribution in [1.82, 2.24) is 10.2 Å². The van der Waals surface area contributed by atoms with Gasteiger partial charge in [0.05, 0.1) is 4.91 Å². The molecule has 2 aromatic carbocycles. The van der Waals surface area contributed by atoms with Crippen molar-refractivity contribution in [3.63, 3.8) is 0 Å². The number of nitrogens with one attached hydrogen (secondary N) is 1. The minimum atomic E-state index is -0.358. The van der Waals surface area contributed by atoms with Crippen molar-refractivity contribution in [1.29, 1.82) is 0 Å². The number of hydrogen-bond donors (Lipinski definition) is 1. The highest BCUT2D eigenvalue weighted by atomic mass is 32.2. The quantitative estimate of drug-likeness (QED) is 0.614. The lowest BCUT2D eigenvalue weighted by atomic mass is 10.1. The van der Waals surface area contributed by atoms with E-state index in [1.807, 2.05) is 12.1 Å². The van der Waals surface area contributed by atoms with Crippen LogP contribution in [0.25, 0.3) is 6.08 Å². The number of hydrogen-bond acceptors (Lipinski definition) is 6. The second-order valence-electron chi connectivity index (χ2n) is 7.47. The molecule has 166 valence electrons. The van der Waals surface area contributed by atoms with Crippen LogP contribution in [-0.2, 0) is 22.4 Å². The Morgan fingerprint density at radius 1 is 1.09 bits per heavy atom. The fourth-order valence-corrected chi connectivity index (χ4v) is 4.31. The number of carbonyl (C=O) groups excluding carboxylic acids is 3. The first-order valence-electron chi connectivity index (χ1n) is 10.5. The van der Waals surface area contributed by atoms with Crippen molar-refractivity contribution in [2.24, 2.45) is 0 Å². The Bertz CT molecular complexity index is 1060. The Labute approximate surface area is 190 Å². The summed E-state index contributed by atoms with van der Waals surface area (Å²) in [7, 11) is 0. The predicted octanol–water partition coefficient (Wildman–Crippen LogP) is 3.76. The minimum absolute atomic E-state index is 0.104. The van der Waals surface area contributed by atoms with Crippen LogP contribution in [0.3, 0.4) is 0 Å². The van der Waals surface area contributed by atoms with E-state index in [2.05, 4.69) is 24.4 Å². The number of amides is 3. The fraction of sp³-hybridized carbons (Fsp3) is 0.292. The Morgan fingerprint density at radius 3 is 2.62 bits per heavy atom. The molecular formula is C24H24N2O5S. The topological polar surface area (TPSA) is 84.9 Å². The molecule has 1 saturated heterocycles. The average molecular weight is 453 g/mol. The van der Waals surface area contributed by atoms with E-state index >= 15 is 0 Å². The van der Waals surface area contributed by atoms with Crippen molar-refractivity contribution in [3.05, 3.63) is 64.1 Å². The summed E-state index contributed by atoms with van der Waals surface area (Å²) in [5.74, 6) is 0.807. The highest BCUT2D eigenvalue weighted by molar-refractivity contribution is 8.18. The van der Waals surface area contributed by atoms with Crippen LogP contribution in [0.2, 0.25) is 0 Å². The van der Waals surface area contributed by atoms with Crippen LogP contribution in [0.15, 0.2) is 47.4 Å². The Kier molecular flexibility index (Phi) is 6.80. The van der Waals surface area contributed by atoms with Gasteiger partial charge in [-0.15, -0.1) is 0 Å². The zero-order valence-corrected chi connectivity index (χ0v) is 18.6. The van der Waals surface area contributed by atoms with Gasteiger partial charge in [0.25, 0.3) is 11.1 Å². The molecule has 2 aliphatic rings. The number of benzene rings is 2. The van der Waals surface area contributed by atoms with Crippen LogP contribution < -0.4 is 14.8 Å². The Morgan fingerprint density at radius 2 is 1.84 bits per heavy atom. The highest BCUT2D eigenvalue weighted by Crippen LogP contribution is 2.36. The molecule has 32 heavy (non-hydrogen) atoms. The van der Waals surface area contributed by atoms with E-state index in [1.165, 1.54) is 5.56 Å². The van der Waals surface area contributed by atoms with Gasteiger partial charge in [-0.25, -0.2) is 0 Å². The molecule has 3 amide bonds. The van der Waals surface area contributed by atoms with Crippen molar-refractivity contribution in [2.75, 3.05) is 19.9 Å². The Hall–Kier alpha value is -3.26. The molecule has 2 aromatic rings. The standard InChI is InChI=1S/C24H24N2O5S/c1-2-16-3-5-17(6-4-16)8-10-22(27)25-11-12-26-23(28)21(32-24(26)29)14-18-7-9-19-20(13-18)31-15-30-19/h3-7,9,13-14H,2,8,10-12,15H2,1H3,(H,25,27)/b21-14+. The van der Waals surface area contributed by atoms with Gasteiger partial charge in [-0.05, 0) is 59.5 Å². The number of aryl methyl sites for hydroxylation is 2. The summed E-state index contributed by atoms with van der Waals surface area (Å²) in [5, 5.41) is 2.45. The number of nitrogens with zero attached hydrogens (tertiary/aromatic N) is 1. The van der Waals surface area contributed by atoms with Gasteiger partial charge in [0.1, 0.15) is 0 Å². The summed E-state index contributed by atoms with van der Waals surface area (Å²) in [6.07, 6.45) is 3.66. The maximum atomic E-state index is 12.6. The summed E-state index contributed by atoms with van der Waals surface area (Å²) in [6, 6.07) is 13.6. The van der Waals surface area contributed by atoms with Crippen LogP contribution in [0, 0.1) is 0 Å². The molecule has 0 radical (unpaired) electrons. The third-order valence-electron chi connectivity index (χ3n) is 5.30. The summed E-state index contributed by atoms with van der Waals surface area (Å²) >= 11 is 0.893. The number of rotatable bonds is 8. The summed E-state index contributed by atoms with van der Waals surface area (Å²) < 4.78 is 10.6. The summed E-state index contributed by atoms with van der Waals surface area (Å²) in [6.45, 7) is 2.64. The molecule has 1 N–H and O–H groups in total. The van der Waals surface area contributed by atoms with Crippen LogP contribution in [0.1, 0.15) is 30.0 Å². The monoisotopic (exact) mass is 452 g/mol. The van der Waals surface area contributed by atoms with Gasteiger partial charge in [0.2, 0.25) is 12.7 Å². The number of fused-ring (bicyclic) bond motifs is 1. The molecule has 1 fully saturated rings. The van der Waals surface area contributed by atoms with Crippen molar-refractivity contribution >= 4 is 34.9 Å². The molecule has 7 nitrogen and oxygen atoms in total. The molecule has 0 saturated carbocycles. The van der Waals surface area contributed by atoms with E-state index in [9.17, 15) is 14.4 Å². The van der Waals surface area contributed by atoms with Crippen molar-refractivity contribution < 1.29 is 23.9 Å². The molecule has 0 spiro atoms. The first-order chi connectivity index (χ1) is 15.5. The first-order valence-corrected chi connectivity index (χ1v) is 11.3. The van der Waals surface area contributed by atoms with Crippen LogP contribution in [-0.4, -0.2) is 41.8 Å². The summed E-state index contributed by atoms with van der Waals surface area (Å²) in [4.78, 5) is 38.6. The van der Waals surface area contributed by atoms with Crippen LogP contribution in [0.5, 0.6) is 11.5 Å². The van der Waals surface area contributed by atoms with Gasteiger partial charge in [0.15, 0.2) is 11.5 Å².